The van der Waals surface area contributed by atoms with E-state index in [-0.39, 0.29) is 22.1 Å². The second-order valence-electron chi connectivity index (χ2n) is 4.13. The Morgan fingerprint density at radius 1 is 1.25 bits per heavy atom. The Bertz CT molecular complexity index is 647. The summed E-state index contributed by atoms with van der Waals surface area (Å²) in [5, 5.41) is 9.55. The number of aliphatic hydroxyl groups excluding tert-OH is 1. The quantitative estimate of drug-likeness (QED) is 0.757. The summed E-state index contributed by atoms with van der Waals surface area (Å²) in [6, 6.07) is 6.55. The third-order valence-corrected chi connectivity index (χ3v) is 3.54. The average molecular weight is 364 g/mol. The maximum atomic E-state index is 13.8. The summed E-state index contributed by atoms with van der Waals surface area (Å²) in [6.45, 7) is 1.49. The third-order valence-electron chi connectivity index (χ3n) is 2.63. The minimum atomic E-state index is -0.920. The standard InChI is InChI=1S/C14H10BrClF2O2/c1-7(19)8-3-2-4-11(17)14(8)20-13-6-12(18)10(16)5-9(13)15/h2-7,19H,1H3/t7-/m1/s1. The lowest BCUT2D eigenvalue weighted by Crippen LogP contribution is -1.99. The molecule has 20 heavy (non-hydrogen) atoms. The zero-order valence-electron chi connectivity index (χ0n) is 10.3. The van der Waals surface area contributed by atoms with E-state index in [1.54, 1.807) is 0 Å². The van der Waals surface area contributed by atoms with E-state index in [4.69, 9.17) is 16.3 Å². The third kappa shape index (κ3) is 3.11. The van der Waals surface area contributed by atoms with Crippen LogP contribution < -0.4 is 4.74 Å². The van der Waals surface area contributed by atoms with Crippen molar-refractivity contribution in [3.63, 3.8) is 0 Å². The maximum absolute atomic E-state index is 13.8. The van der Waals surface area contributed by atoms with E-state index in [9.17, 15) is 13.9 Å². The summed E-state index contributed by atoms with van der Waals surface area (Å²) in [5.41, 5.74) is 0.271. The fraction of sp³-hybridized carbons (Fsp3) is 0.143. The summed E-state index contributed by atoms with van der Waals surface area (Å²) < 4.78 is 33.0. The summed E-state index contributed by atoms with van der Waals surface area (Å²) in [6.07, 6.45) is -0.920. The van der Waals surface area contributed by atoms with E-state index in [0.29, 0.717) is 4.47 Å². The van der Waals surface area contributed by atoms with Crippen LogP contribution in [0.25, 0.3) is 0 Å². The first-order valence-corrected chi connectivity index (χ1v) is 6.86. The monoisotopic (exact) mass is 362 g/mol. The Hall–Kier alpha value is -1.17. The van der Waals surface area contributed by atoms with Gasteiger partial charge in [-0.3, -0.25) is 0 Å². The first kappa shape index (κ1) is 15.2. The summed E-state index contributed by atoms with van der Waals surface area (Å²) in [4.78, 5) is 0. The minimum Gasteiger partial charge on any atom is -0.453 e. The van der Waals surface area contributed by atoms with Crippen LogP contribution in [-0.4, -0.2) is 5.11 Å². The first-order chi connectivity index (χ1) is 9.40. The number of rotatable bonds is 3. The van der Waals surface area contributed by atoms with Crippen LogP contribution in [0.1, 0.15) is 18.6 Å². The molecule has 0 aliphatic heterocycles. The highest BCUT2D eigenvalue weighted by atomic mass is 79.9. The zero-order chi connectivity index (χ0) is 14.9. The van der Waals surface area contributed by atoms with Crippen LogP contribution in [0.15, 0.2) is 34.8 Å². The first-order valence-electron chi connectivity index (χ1n) is 5.69. The molecule has 0 saturated heterocycles. The zero-order valence-corrected chi connectivity index (χ0v) is 12.7. The largest absolute Gasteiger partial charge is 0.453 e. The Morgan fingerprint density at radius 2 is 1.95 bits per heavy atom. The molecule has 0 saturated carbocycles. The van der Waals surface area contributed by atoms with Crippen LogP contribution in [0.5, 0.6) is 11.5 Å². The number of para-hydroxylation sites is 1. The smallest absolute Gasteiger partial charge is 0.168 e. The SMILES string of the molecule is C[C@@H](O)c1cccc(F)c1Oc1cc(F)c(Cl)cc1Br. The Labute approximate surface area is 128 Å². The summed E-state index contributed by atoms with van der Waals surface area (Å²) in [5.74, 6) is -1.41. The fourth-order valence-electron chi connectivity index (χ4n) is 1.65. The van der Waals surface area contributed by atoms with Crippen LogP contribution in [0.3, 0.4) is 0 Å². The number of benzene rings is 2. The Kier molecular flexibility index (Phi) is 4.62. The molecule has 0 aliphatic rings. The van der Waals surface area contributed by atoms with Gasteiger partial charge in [0.25, 0.3) is 0 Å². The van der Waals surface area contributed by atoms with Crippen molar-refractivity contribution in [1.29, 1.82) is 0 Å². The van der Waals surface area contributed by atoms with Gasteiger partial charge in [-0.05, 0) is 35.0 Å². The van der Waals surface area contributed by atoms with Gasteiger partial charge in [0.05, 0.1) is 15.6 Å². The molecule has 0 unspecified atom stereocenters. The van der Waals surface area contributed by atoms with Gasteiger partial charge in [0.15, 0.2) is 11.6 Å². The molecule has 0 fully saturated rings. The van der Waals surface area contributed by atoms with Crippen LogP contribution >= 0.6 is 27.5 Å². The van der Waals surface area contributed by atoms with Gasteiger partial charge in [-0.25, -0.2) is 8.78 Å². The van der Waals surface area contributed by atoms with Crippen molar-refractivity contribution in [2.45, 2.75) is 13.0 Å². The van der Waals surface area contributed by atoms with Gasteiger partial charge in [0, 0.05) is 11.6 Å². The fourth-order valence-corrected chi connectivity index (χ4v) is 2.37. The molecule has 2 rings (SSSR count). The van der Waals surface area contributed by atoms with E-state index < -0.39 is 17.7 Å². The predicted molar refractivity (Wildman–Crippen MR) is 76.2 cm³/mol. The molecule has 0 aliphatic carbocycles. The second kappa shape index (κ2) is 6.08. The summed E-state index contributed by atoms with van der Waals surface area (Å²) in [7, 11) is 0. The average Bonchev–Trinajstić information content (AvgIpc) is 2.37. The molecule has 1 N–H and O–H groups in total. The molecule has 1 atom stereocenters. The molecule has 0 amide bonds. The van der Waals surface area contributed by atoms with Gasteiger partial charge in [-0.1, -0.05) is 23.7 Å². The Balaban J connectivity index is 2.47. The number of hydrogen-bond donors (Lipinski definition) is 1. The molecule has 106 valence electrons. The van der Waals surface area contributed by atoms with Crippen LogP contribution in [0.4, 0.5) is 8.78 Å². The lowest BCUT2D eigenvalue weighted by atomic mass is 10.1. The van der Waals surface area contributed by atoms with Gasteiger partial charge in [0.2, 0.25) is 0 Å². The highest BCUT2D eigenvalue weighted by Gasteiger charge is 2.17. The van der Waals surface area contributed by atoms with Gasteiger partial charge in [-0.15, -0.1) is 0 Å². The molecule has 2 aromatic rings. The number of hydrogen-bond acceptors (Lipinski definition) is 2. The van der Waals surface area contributed by atoms with E-state index in [0.717, 1.165) is 6.07 Å². The van der Waals surface area contributed by atoms with Crippen LogP contribution in [0, 0.1) is 11.6 Å². The molecule has 6 heteroatoms. The molecule has 0 bridgehead atoms. The van der Waals surface area contributed by atoms with Crippen molar-refractivity contribution in [3.05, 3.63) is 57.0 Å². The van der Waals surface area contributed by atoms with Gasteiger partial charge < -0.3 is 9.84 Å². The highest BCUT2D eigenvalue weighted by Crippen LogP contribution is 2.37. The van der Waals surface area contributed by atoms with Gasteiger partial charge in [0.1, 0.15) is 11.6 Å². The Morgan fingerprint density at radius 3 is 2.60 bits per heavy atom. The molecule has 0 aromatic heterocycles. The van der Waals surface area contributed by atoms with Gasteiger partial charge in [-0.2, -0.15) is 0 Å². The van der Waals surface area contributed by atoms with Crippen molar-refractivity contribution in [1.82, 2.24) is 0 Å². The molecular weight excluding hydrogens is 354 g/mol. The maximum Gasteiger partial charge on any atom is 0.168 e. The normalized spacial score (nSPS) is 12.3. The van der Waals surface area contributed by atoms with Crippen molar-refractivity contribution in [2.24, 2.45) is 0 Å². The van der Waals surface area contributed by atoms with E-state index in [2.05, 4.69) is 15.9 Å². The van der Waals surface area contributed by atoms with Crippen molar-refractivity contribution < 1.29 is 18.6 Å². The molecule has 0 spiro atoms. The molecule has 2 aromatic carbocycles. The molecule has 0 heterocycles. The predicted octanol–water partition coefficient (Wildman–Crippen LogP) is 5.23. The molecular formula is C14H10BrClF2O2. The van der Waals surface area contributed by atoms with Crippen LogP contribution in [-0.2, 0) is 0 Å². The van der Waals surface area contributed by atoms with E-state index in [1.807, 2.05) is 0 Å². The molecule has 2 nitrogen and oxygen atoms in total. The van der Waals surface area contributed by atoms with Crippen molar-refractivity contribution >= 4 is 27.5 Å². The molecule has 0 radical (unpaired) electrons. The second-order valence-corrected chi connectivity index (χ2v) is 5.39. The van der Waals surface area contributed by atoms with E-state index >= 15 is 0 Å². The van der Waals surface area contributed by atoms with Crippen molar-refractivity contribution in [3.8, 4) is 11.5 Å². The number of aliphatic hydroxyl groups is 1. The number of halogens is 4. The lowest BCUT2D eigenvalue weighted by Gasteiger charge is -2.15. The highest BCUT2D eigenvalue weighted by molar-refractivity contribution is 9.10. The topological polar surface area (TPSA) is 29.5 Å². The van der Waals surface area contributed by atoms with Crippen LogP contribution in [0.2, 0.25) is 5.02 Å². The van der Waals surface area contributed by atoms with Crippen molar-refractivity contribution in [2.75, 3.05) is 0 Å². The van der Waals surface area contributed by atoms with E-state index in [1.165, 1.54) is 31.2 Å². The number of ether oxygens (including phenoxy) is 1. The lowest BCUT2D eigenvalue weighted by molar-refractivity contribution is 0.194. The van der Waals surface area contributed by atoms with Gasteiger partial charge >= 0.3 is 0 Å². The minimum absolute atomic E-state index is 0.0684. The summed E-state index contributed by atoms with van der Waals surface area (Å²) >= 11 is 8.79.